The normalized spacial score (nSPS) is 10.4. The summed E-state index contributed by atoms with van der Waals surface area (Å²) in [5.74, 6) is -0.117. The number of amides is 1. The lowest BCUT2D eigenvalue weighted by Gasteiger charge is -2.06. The molecule has 3 aromatic rings. The van der Waals surface area contributed by atoms with E-state index in [2.05, 4.69) is 10.3 Å². The molecule has 0 bridgehead atoms. The summed E-state index contributed by atoms with van der Waals surface area (Å²) in [6, 6.07) is 13.8. The van der Waals surface area contributed by atoms with Gasteiger partial charge in [-0.05, 0) is 23.3 Å². The monoisotopic (exact) mass is 291 g/mol. The highest BCUT2D eigenvalue weighted by Crippen LogP contribution is 2.18. The van der Waals surface area contributed by atoms with Crippen LogP contribution in [0.5, 0.6) is 0 Å². The van der Waals surface area contributed by atoms with E-state index in [0.717, 1.165) is 16.7 Å². The maximum absolute atomic E-state index is 12.3. The van der Waals surface area contributed by atoms with Crippen LogP contribution in [0.3, 0.4) is 0 Å². The molecule has 0 saturated carbocycles. The van der Waals surface area contributed by atoms with E-state index in [4.69, 9.17) is 0 Å². The minimum atomic E-state index is -0.117. The molecule has 0 aliphatic rings. The Balaban J connectivity index is 1.73. The van der Waals surface area contributed by atoms with Gasteiger partial charge in [-0.25, -0.2) is 0 Å². The van der Waals surface area contributed by atoms with Crippen molar-refractivity contribution in [3.63, 3.8) is 0 Å². The van der Waals surface area contributed by atoms with Crippen LogP contribution < -0.4 is 5.32 Å². The predicted octanol–water partition coefficient (Wildman–Crippen LogP) is 3.02. The Labute approximate surface area is 129 Å². The first-order valence-corrected chi connectivity index (χ1v) is 7.12. The summed E-state index contributed by atoms with van der Waals surface area (Å²) < 4.78 is 1.96. The van der Waals surface area contributed by atoms with E-state index in [-0.39, 0.29) is 5.91 Å². The highest BCUT2D eigenvalue weighted by Gasteiger charge is 2.08. The van der Waals surface area contributed by atoms with E-state index in [9.17, 15) is 4.79 Å². The summed E-state index contributed by atoms with van der Waals surface area (Å²) in [5, 5.41) is 2.91. The molecule has 0 atom stereocenters. The molecule has 0 aliphatic heterocycles. The largest absolute Gasteiger partial charge is 0.357 e. The fraction of sp³-hybridized carbons (Fsp3) is 0.111. The molecule has 0 fully saturated rings. The number of hydrogen-bond donors (Lipinski definition) is 1. The minimum absolute atomic E-state index is 0.117. The number of aryl methyl sites for hydroxylation is 1. The third kappa shape index (κ3) is 3.23. The lowest BCUT2D eigenvalue weighted by molar-refractivity contribution is 0.0950. The van der Waals surface area contributed by atoms with Crippen LogP contribution >= 0.6 is 0 Å². The Bertz CT molecular complexity index is 778. The molecule has 0 spiro atoms. The van der Waals surface area contributed by atoms with Crippen LogP contribution in [0, 0.1) is 0 Å². The van der Waals surface area contributed by atoms with Crippen molar-refractivity contribution in [2.75, 3.05) is 0 Å². The molecule has 0 aliphatic carbocycles. The van der Waals surface area contributed by atoms with Gasteiger partial charge in [0.25, 0.3) is 5.91 Å². The van der Waals surface area contributed by atoms with Crippen LogP contribution in [-0.4, -0.2) is 15.5 Å². The molecule has 3 rings (SSSR count). The van der Waals surface area contributed by atoms with Crippen molar-refractivity contribution in [2.24, 2.45) is 7.05 Å². The summed E-state index contributed by atoms with van der Waals surface area (Å²) in [5.41, 5.74) is 3.63. The first-order valence-electron chi connectivity index (χ1n) is 7.12. The number of carbonyl (C=O) groups excluding carboxylic acids is 1. The SMILES string of the molecule is Cn1ccc(CNC(=O)c2cncc(-c3ccccc3)c2)c1. The highest BCUT2D eigenvalue weighted by atomic mass is 16.1. The zero-order chi connectivity index (χ0) is 15.4. The van der Waals surface area contributed by atoms with Crippen molar-refractivity contribution in [1.82, 2.24) is 14.9 Å². The Morgan fingerprint density at radius 2 is 1.95 bits per heavy atom. The van der Waals surface area contributed by atoms with Crippen LogP contribution in [0.25, 0.3) is 11.1 Å². The molecule has 4 heteroatoms. The second-order valence-corrected chi connectivity index (χ2v) is 5.20. The number of benzene rings is 1. The second-order valence-electron chi connectivity index (χ2n) is 5.20. The van der Waals surface area contributed by atoms with Gasteiger partial charge in [0.15, 0.2) is 0 Å². The summed E-state index contributed by atoms with van der Waals surface area (Å²) in [6.07, 6.45) is 7.30. The van der Waals surface area contributed by atoms with E-state index in [0.29, 0.717) is 12.1 Å². The summed E-state index contributed by atoms with van der Waals surface area (Å²) in [4.78, 5) is 16.4. The molecule has 0 saturated heterocycles. The summed E-state index contributed by atoms with van der Waals surface area (Å²) in [7, 11) is 1.96. The van der Waals surface area contributed by atoms with Crippen molar-refractivity contribution in [3.8, 4) is 11.1 Å². The Hall–Kier alpha value is -2.88. The molecule has 1 N–H and O–H groups in total. The maximum Gasteiger partial charge on any atom is 0.253 e. The number of pyridine rings is 1. The zero-order valence-electron chi connectivity index (χ0n) is 12.4. The van der Waals surface area contributed by atoms with Gasteiger partial charge < -0.3 is 9.88 Å². The quantitative estimate of drug-likeness (QED) is 0.803. The Kier molecular flexibility index (Phi) is 4.01. The number of hydrogen-bond acceptors (Lipinski definition) is 2. The standard InChI is InChI=1S/C18H17N3O/c1-21-8-7-14(13-21)10-20-18(22)17-9-16(11-19-12-17)15-5-3-2-4-6-15/h2-9,11-13H,10H2,1H3,(H,20,22). The van der Waals surface area contributed by atoms with Crippen molar-refractivity contribution in [3.05, 3.63) is 78.4 Å². The lowest BCUT2D eigenvalue weighted by Crippen LogP contribution is -2.22. The molecule has 1 amide bonds. The molecule has 2 aromatic heterocycles. The number of rotatable bonds is 4. The van der Waals surface area contributed by atoms with Gasteiger partial charge in [0.1, 0.15) is 0 Å². The molecule has 22 heavy (non-hydrogen) atoms. The Morgan fingerprint density at radius 1 is 1.14 bits per heavy atom. The molecular formula is C18H17N3O. The van der Waals surface area contributed by atoms with Gasteiger partial charge in [0, 0.05) is 43.9 Å². The van der Waals surface area contributed by atoms with Crippen molar-refractivity contribution < 1.29 is 4.79 Å². The average molecular weight is 291 g/mol. The van der Waals surface area contributed by atoms with Gasteiger partial charge in [-0.1, -0.05) is 30.3 Å². The van der Waals surface area contributed by atoms with E-state index in [1.807, 2.05) is 66.5 Å². The number of nitrogens with zero attached hydrogens (tertiary/aromatic N) is 2. The molecule has 4 nitrogen and oxygen atoms in total. The molecule has 2 heterocycles. The molecular weight excluding hydrogens is 274 g/mol. The van der Waals surface area contributed by atoms with Gasteiger partial charge in [-0.3, -0.25) is 9.78 Å². The van der Waals surface area contributed by atoms with Gasteiger partial charge in [-0.15, -0.1) is 0 Å². The average Bonchev–Trinajstić information content (AvgIpc) is 2.99. The molecule has 1 aromatic carbocycles. The third-order valence-electron chi connectivity index (χ3n) is 3.45. The highest BCUT2D eigenvalue weighted by molar-refractivity contribution is 5.95. The fourth-order valence-corrected chi connectivity index (χ4v) is 2.30. The van der Waals surface area contributed by atoms with Crippen molar-refractivity contribution >= 4 is 5.91 Å². The van der Waals surface area contributed by atoms with Crippen LogP contribution in [-0.2, 0) is 13.6 Å². The topological polar surface area (TPSA) is 46.9 Å². The van der Waals surface area contributed by atoms with Crippen molar-refractivity contribution in [1.29, 1.82) is 0 Å². The Morgan fingerprint density at radius 3 is 2.68 bits per heavy atom. The van der Waals surface area contributed by atoms with Gasteiger partial charge in [0.05, 0.1) is 5.56 Å². The zero-order valence-corrected chi connectivity index (χ0v) is 12.4. The first-order chi connectivity index (χ1) is 10.7. The minimum Gasteiger partial charge on any atom is -0.357 e. The number of nitrogens with one attached hydrogen (secondary N) is 1. The van der Waals surface area contributed by atoms with E-state index in [1.54, 1.807) is 12.4 Å². The van der Waals surface area contributed by atoms with E-state index < -0.39 is 0 Å². The third-order valence-corrected chi connectivity index (χ3v) is 3.45. The van der Waals surface area contributed by atoms with Gasteiger partial charge in [-0.2, -0.15) is 0 Å². The second kappa shape index (κ2) is 6.26. The summed E-state index contributed by atoms with van der Waals surface area (Å²) >= 11 is 0. The van der Waals surface area contributed by atoms with Gasteiger partial charge in [0.2, 0.25) is 0 Å². The molecule has 110 valence electrons. The first kappa shape index (κ1) is 14.1. The van der Waals surface area contributed by atoms with Crippen LogP contribution in [0.4, 0.5) is 0 Å². The van der Waals surface area contributed by atoms with Crippen LogP contribution in [0.1, 0.15) is 15.9 Å². The predicted molar refractivity (Wildman–Crippen MR) is 86.3 cm³/mol. The van der Waals surface area contributed by atoms with Crippen LogP contribution in [0.2, 0.25) is 0 Å². The molecule has 0 unspecified atom stereocenters. The van der Waals surface area contributed by atoms with E-state index >= 15 is 0 Å². The fourth-order valence-electron chi connectivity index (χ4n) is 2.30. The maximum atomic E-state index is 12.3. The lowest BCUT2D eigenvalue weighted by atomic mass is 10.1. The number of carbonyl (C=O) groups is 1. The molecule has 0 radical (unpaired) electrons. The summed E-state index contributed by atoms with van der Waals surface area (Å²) in [6.45, 7) is 0.509. The van der Waals surface area contributed by atoms with E-state index in [1.165, 1.54) is 0 Å². The smallest absolute Gasteiger partial charge is 0.253 e. The van der Waals surface area contributed by atoms with Crippen molar-refractivity contribution in [2.45, 2.75) is 6.54 Å². The number of aromatic nitrogens is 2. The van der Waals surface area contributed by atoms with Gasteiger partial charge >= 0.3 is 0 Å². The van der Waals surface area contributed by atoms with Crippen LogP contribution in [0.15, 0.2) is 67.3 Å².